The number of hydrazone groups is 1. The van der Waals surface area contributed by atoms with Gasteiger partial charge in [0.1, 0.15) is 0 Å². The molecule has 1 unspecified atom stereocenters. The molecule has 1 spiro atoms. The van der Waals surface area contributed by atoms with Crippen LogP contribution in [0.4, 0.5) is 5.69 Å². The summed E-state index contributed by atoms with van der Waals surface area (Å²) in [6.45, 7) is 6.13. The van der Waals surface area contributed by atoms with E-state index in [9.17, 15) is 19.2 Å². The van der Waals surface area contributed by atoms with Crippen molar-refractivity contribution in [1.82, 2.24) is 4.90 Å². The van der Waals surface area contributed by atoms with Crippen molar-refractivity contribution in [3.63, 3.8) is 0 Å². The van der Waals surface area contributed by atoms with Gasteiger partial charge in [-0.05, 0) is 30.4 Å². The maximum absolute atomic E-state index is 12.8. The van der Waals surface area contributed by atoms with E-state index in [-0.39, 0.29) is 51.6 Å². The van der Waals surface area contributed by atoms with Gasteiger partial charge >= 0.3 is 29.0 Å². The van der Waals surface area contributed by atoms with Crippen LogP contribution in [0.2, 0.25) is 0 Å². The quantitative estimate of drug-likeness (QED) is 0.298. The Morgan fingerprint density at radius 3 is 2.47 bits per heavy atom. The third-order valence-corrected chi connectivity index (χ3v) is 5.69. The van der Waals surface area contributed by atoms with Gasteiger partial charge < -0.3 is 9.47 Å². The SMILES string of the molecule is CC(C)CN1C(=O)c2cccc(NN=C3C(=O)OC4(CCCC(C)C4)OC3=O)c2C1=O.[Cu+2]. The van der Waals surface area contributed by atoms with E-state index in [1.54, 1.807) is 18.2 Å². The van der Waals surface area contributed by atoms with E-state index in [2.05, 4.69) is 10.5 Å². The van der Waals surface area contributed by atoms with Crippen LogP contribution >= 0.6 is 0 Å². The van der Waals surface area contributed by atoms with Crippen molar-refractivity contribution in [1.29, 1.82) is 0 Å². The number of rotatable bonds is 4. The van der Waals surface area contributed by atoms with Gasteiger partial charge in [0.2, 0.25) is 0 Å². The molecule has 1 saturated heterocycles. The van der Waals surface area contributed by atoms with Gasteiger partial charge in [-0.2, -0.15) is 5.10 Å². The summed E-state index contributed by atoms with van der Waals surface area (Å²) < 4.78 is 10.9. The number of esters is 2. The molecule has 1 aliphatic carbocycles. The first-order valence-electron chi connectivity index (χ1n) is 10.5. The van der Waals surface area contributed by atoms with Crippen molar-refractivity contribution in [2.24, 2.45) is 16.9 Å². The van der Waals surface area contributed by atoms with Gasteiger partial charge in [0, 0.05) is 19.4 Å². The van der Waals surface area contributed by atoms with Crippen LogP contribution in [0.1, 0.15) is 67.2 Å². The molecule has 1 atom stereocenters. The number of benzene rings is 1. The van der Waals surface area contributed by atoms with Gasteiger partial charge in [0.15, 0.2) is 0 Å². The predicted octanol–water partition coefficient (Wildman–Crippen LogP) is 2.71. The van der Waals surface area contributed by atoms with Crippen LogP contribution in [0.5, 0.6) is 0 Å². The number of hydrogen-bond donors (Lipinski definition) is 1. The smallest absolute Gasteiger partial charge is 0.417 e. The Labute approximate surface area is 196 Å². The first-order valence-corrected chi connectivity index (χ1v) is 10.5. The molecule has 32 heavy (non-hydrogen) atoms. The van der Waals surface area contributed by atoms with Crippen molar-refractivity contribution in [3.8, 4) is 0 Å². The zero-order valence-corrected chi connectivity index (χ0v) is 19.0. The third kappa shape index (κ3) is 4.29. The van der Waals surface area contributed by atoms with Crippen LogP contribution in [0.25, 0.3) is 0 Å². The minimum atomic E-state index is -1.22. The fourth-order valence-corrected chi connectivity index (χ4v) is 4.34. The van der Waals surface area contributed by atoms with Crippen molar-refractivity contribution < 1.29 is 45.7 Å². The number of carbonyl (C=O) groups excluding carboxylic acids is 4. The predicted molar refractivity (Wildman–Crippen MR) is 110 cm³/mol. The molecule has 0 bridgehead atoms. The monoisotopic (exact) mass is 490 g/mol. The van der Waals surface area contributed by atoms with Crippen molar-refractivity contribution in [2.75, 3.05) is 12.0 Å². The van der Waals surface area contributed by atoms with Gasteiger partial charge in [-0.15, -0.1) is 0 Å². The molecule has 1 radical (unpaired) electrons. The van der Waals surface area contributed by atoms with Gasteiger partial charge in [-0.3, -0.25) is 19.9 Å². The van der Waals surface area contributed by atoms with Gasteiger partial charge in [-0.1, -0.05) is 33.3 Å². The molecule has 4 rings (SSSR count). The van der Waals surface area contributed by atoms with Gasteiger partial charge in [0.25, 0.3) is 23.3 Å². The maximum atomic E-state index is 12.8. The summed E-state index contributed by atoms with van der Waals surface area (Å²) in [6.07, 6.45) is 2.70. The molecule has 3 aliphatic rings. The van der Waals surface area contributed by atoms with Gasteiger partial charge in [-0.25, -0.2) is 9.59 Å². The number of nitrogens with one attached hydrogen (secondary N) is 1. The average Bonchev–Trinajstić information content (AvgIpc) is 2.92. The van der Waals surface area contributed by atoms with E-state index in [0.29, 0.717) is 19.4 Å². The fraction of sp³-hybridized carbons (Fsp3) is 0.500. The minimum Gasteiger partial charge on any atom is -0.417 e. The van der Waals surface area contributed by atoms with Crippen molar-refractivity contribution >= 4 is 35.2 Å². The van der Waals surface area contributed by atoms with Crippen LogP contribution in [-0.4, -0.2) is 46.7 Å². The summed E-state index contributed by atoms with van der Waals surface area (Å²) in [6, 6.07) is 4.71. The molecule has 1 saturated carbocycles. The Kier molecular flexibility index (Phi) is 6.76. The molecule has 0 aromatic heterocycles. The summed E-state index contributed by atoms with van der Waals surface area (Å²) in [5.74, 6) is -3.39. The number of ether oxygens (including phenoxy) is 2. The molecule has 2 heterocycles. The molecule has 10 heteroatoms. The summed E-state index contributed by atoms with van der Waals surface area (Å²) in [4.78, 5) is 51.6. The molecule has 2 amide bonds. The average molecular weight is 491 g/mol. The summed E-state index contributed by atoms with van der Waals surface area (Å²) in [5.41, 5.74) is 2.69. The van der Waals surface area contributed by atoms with Crippen LogP contribution in [0.3, 0.4) is 0 Å². The van der Waals surface area contributed by atoms with E-state index in [0.717, 1.165) is 12.8 Å². The summed E-state index contributed by atoms with van der Waals surface area (Å²) in [7, 11) is 0. The standard InChI is InChI=1S/C22H25N3O6.Cu/c1-12(2)11-25-18(26)14-7-4-8-15(16(14)19(25)27)23-24-17-20(28)30-22(31-21(17)29)9-5-6-13(3)10-22;/h4,7-8,12-13,23H,5-6,9-11H2,1-3H3;/q;+2. The van der Waals surface area contributed by atoms with E-state index < -0.39 is 29.3 Å². The Bertz CT molecular complexity index is 985. The molecule has 1 N–H and O–H groups in total. The Morgan fingerprint density at radius 1 is 1.16 bits per heavy atom. The largest absolute Gasteiger partial charge is 2.00 e. The topological polar surface area (TPSA) is 114 Å². The molecule has 1 aromatic rings. The number of amides is 2. The normalized spacial score (nSPS) is 24.8. The Morgan fingerprint density at radius 2 is 1.84 bits per heavy atom. The number of fused-ring (bicyclic) bond motifs is 1. The zero-order valence-electron chi connectivity index (χ0n) is 18.1. The second-order valence-electron chi connectivity index (χ2n) is 8.81. The van der Waals surface area contributed by atoms with Crippen molar-refractivity contribution in [2.45, 2.75) is 52.2 Å². The molecular weight excluding hydrogens is 466 g/mol. The second-order valence-corrected chi connectivity index (χ2v) is 8.81. The molecular formula is C22H25CuN3O6+2. The molecule has 2 fully saturated rings. The van der Waals surface area contributed by atoms with Crippen LogP contribution in [-0.2, 0) is 36.1 Å². The van der Waals surface area contributed by atoms with Gasteiger partial charge in [0.05, 0.1) is 16.8 Å². The minimum absolute atomic E-state index is 0. The molecule has 1 aromatic carbocycles. The van der Waals surface area contributed by atoms with E-state index in [1.807, 2.05) is 20.8 Å². The zero-order chi connectivity index (χ0) is 22.3. The molecule has 9 nitrogen and oxygen atoms in total. The fourth-order valence-electron chi connectivity index (χ4n) is 4.34. The summed E-state index contributed by atoms with van der Waals surface area (Å²) >= 11 is 0. The third-order valence-electron chi connectivity index (χ3n) is 5.69. The molecule has 2 aliphatic heterocycles. The number of carbonyl (C=O) groups is 4. The molecule has 173 valence electrons. The van der Waals surface area contributed by atoms with Crippen LogP contribution < -0.4 is 5.43 Å². The number of imide groups is 1. The Balaban J connectivity index is 0.00000289. The number of hydrogen-bond acceptors (Lipinski definition) is 8. The second kappa shape index (κ2) is 9.03. The first kappa shape index (κ1) is 23.9. The van der Waals surface area contributed by atoms with Crippen LogP contribution in [0.15, 0.2) is 23.3 Å². The van der Waals surface area contributed by atoms with Crippen molar-refractivity contribution in [3.05, 3.63) is 29.3 Å². The van der Waals surface area contributed by atoms with Crippen LogP contribution in [0, 0.1) is 11.8 Å². The summed E-state index contributed by atoms with van der Waals surface area (Å²) in [5, 5.41) is 3.87. The van der Waals surface area contributed by atoms with E-state index in [4.69, 9.17) is 9.47 Å². The van der Waals surface area contributed by atoms with E-state index >= 15 is 0 Å². The number of anilines is 1. The van der Waals surface area contributed by atoms with E-state index in [1.165, 1.54) is 4.90 Å². The first-order chi connectivity index (χ1) is 14.7. The number of nitrogens with zero attached hydrogens (tertiary/aromatic N) is 2. The Hall–Kier alpha value is -2.71. The maximum Gasteiger partial charge on any atom is 2.00 e.